The lowest BCUT2D eigenvalue weighted by Crippen LogP contribution is -2.33. The van der Waals surface area contributed by atoms with Gasteiger partial charge in [0.1, 0.15) is 5.56 Å². The zero-order chi connectivity index (χ0) is 17.6. The number of hydrogen-bond donors (Lipinski definition) is 1. The van der Waals surface area contributed by atoms with E-state index in [1.165, 1.54) is 24.2 Å². The first-order valence-corrected chi connectivity index (χ1v) is 9.59. The van der Waals surface area contributed by atoms with Gasteiger partial charge in [0.2, 0.25) is 5.88 Å². The number of likely N-dealkylation sites (tertiary alicyclic amines) is 1. The fourth-order valence-electron chi connectivity index (χ4n) is 3.08. The van der Waals surface area contributed by atoms with E-state index in [-0.39, 0.29) is 5.91 Å². The van der Waals surface area contributed by atoms with Crippen LogP contribution in [0, 0.1) is 5.92 Å². The summed E-state index contributed by atoms with van der Waals surface area (Å²) in [5.74, 6) is 0.847. The average Bonchev–Trinajstić information content (AvgIpc) is 3.02. The van der Waals surface area contributed by atoms with Crippen LogP contribution in [0.15, 0.2) is 23.7 Å². The Morgan fingerprint density at radius 1 is 1.52 bits per heavy atom. The maximum absolute atomic E-state index is 12.5. The van der Waals surface area contributed by atoms with Gasteiger partial charge in [-0.2, -0.15) is 0 Å². The third kappa shape index (κ3) is 4.76. The number of amides is 1. The maximum Gasteiger partial charge on any atom is 0.262 e. The van der Waals surface area contributed by atoms with Crippen LogP contribution in [-0.2, 0) is 6.54 Å². The molecule has 1 fully saturated rings. The molecule has 3 rings (SSSR count). The van der Waals surface area contributed by atoms with E-state index in [1.54, 1.807) is 18.3 Å². The Bertz CT molecular complexity index is 719. The number of hydrogen-bond acceptors (Lipinski definition) is 6. The molecule has 0 aliphatic carbocycles. The van der Waals surface area contributed by atoms with E-state index in [9.17, 15) is 4.79 Å². The standard InChI is InChI=1S/C18H24N4O2S/c1-3-24-17-15(7-4-8-19-17)16(23)21-18-20-14(12-25-18)11-22-9-5-6-13(2)10-22/h4,7-8,12-13H,3,5-6,9-11H2,1-2H3,(H,20,21,23). The predicted molar refractivity (Wildman–Crippen MR) is 99.1 cm³/mol. The van der Waals surface area contributed by atoms with Crippen molar-refractivity contribution in [2.45, 2.75) is 33.2 Å². The van der Waals surface area contributed by atoms with Crippen LogP contribution < -0.4 is 10.1 Å². The molecule has 1 saturated heterocycles. The lowest BCUT2D eigenvalue weighted by Gasteiger charge is -2.30. The van der Waals surface area contributed by atoms with E-state index in [4.69, 9.17) is 4.74 Å². The Labute approximate surface area is 152 Å². The fraction of sp³-hybridized carbons (Fsp3) is 0.500. The largest absolute Gasteiger partial charge is 0.477 e. The van der Waals surface area contributed by atoms with Crippen molar-refractivity contribution in [1.29, 1.82) is 0 Å². The minimum absolute atomic E-state index is 0.246. The van der Waals surface area contributed by atoms with Gasteiger partial charge in [-0.25, -0.2) is 9.97 Å². The zero-order valence-electron chi connectivity index (χ0n) is 14.7. The monoisotopic (exact) mass is 360 g/mol. The number of pyridine rings is 1. The van der Waals surface area contributed by atoms with Crippen LogP contribution in [0.1, 0.15) is 42.7 Å². The van der Waals surface area contributed by atoms with E-state index >= 15 is 0 Å². The van der Waals surface area contributed by atoms with Gasteiger partial charge < -0.3 is 4.74 Å². The van der Waals surface area contributed by atoms with Crippen molar-refractivity contribution < 1.29 is 9.53 Å². The highest BCUT2D eigenvalue weighted by Crippen LogP contribution is 2.22. The Morgan fingerprint density at radius 2 is 2.40 bits per heavy atom. The molecular formula is C18H24N4O2S. The first kappa shape index (κ1) is 17.8. The summed E-state index contributed by atoms with van der Waals surface area (Å²) in [6, 6.07) is 3.43. The van der Waals surface area contributed by atoms with Crippen LogP contribution >= 0.6 is 11.3 Å². The molecule has 2 aromatic rings. The molecule has 1 amide bonds. The summed E-state index contributed by atoms with van der Waals surface area (Å²) < 4.78 is 5.42. The summed E-state index contributed by atoms with van der Waals surface area (Å²) in [5.41, 5.74) is 1.43. The van der Waals surface area contributed by atoms with Gasteiger partial charge in [0.05, 0.1) is 12.3 Å². The van der Waals surface area contributed by atoms with Gasteiger partial charge in [0.25, 0.3) is 5.91 Å². The van der Waals surface area contributed by atoms with Crippen LogP contribution in [0.4, 0.5) is 5.13 Å². The van der Waals surface area contributed by atoms with Crippen molar-refractivity contribution in [2.75, 3.05) is 25.0 Å². The molecule has 134 valence electrons. The third-order valence-corrected chi connectivity index (χ3v) is 5.00. The first-order chi connectivity index (χ1) is 12.2. The van der Waals surface area contributed by atoms with Crippen LogP contribution in [0.25, 0.3) is 0 Å². The Morgan fingerprint density at radius 3 is 3.20 bits per heavy atom. The Hall–Kier alpha value is -1.99. The average molecular weight is 360 g/mol. The second-order valence-corrected chi connectivity index (χ2v) is 7.23. The molecule has 1 aliphatic rings. The summed E-state index contributed by atoms with van der Waals surface area (Å²) in [4.78, 5) is 23.6. The minimum Gasteiger partial charge on any atom is -0.477 e. The molecule has 1 unspecified atom stereocenters. The molecule has 7 heteroatoms. The van der Waals surface area contributed by atoms with Crippen molar-refractivity contribution >= 4 is 22.4 Å². The summed E-state index contributed by atoms with van der Waals surface area (Å²) in [6.07, 6.45) is 4.17. The molecule has 0 bridgehead atoms. The number of piperidine rings is 1. The number of rotatable bonds is 6. The van der Waals surface area contributed by atoms with Crippen LogP contribution in [0.5, 0.6) is 5.88 Å². The number of nitrogens with one attached hydrogen (secondary N) is 1. The van der Waals surface area contributed by atoms with E-state index in [0.29, 0.717) is 23.2 Å². The van der Waals surface area contributed by atoms with Gasteiger partial charge in [-0.05, 0) is 44.4 Å². The van der Waals surface area contributed by atoms with Crippen molar-refractivity contribution in [3.63, 3.8) is 0 Å². The van der Waals surface area contributed by atoms with Crippen molar-refractivity contribution in [3.05, 3.63) is 35.0 Å². The van der Waals surface area contributed by atoms with Gasteiger partial charge in [0.15, 0.2) is 5.13 Å². The molecule has 3 heterocycles. The Balaban J connectivity index is 1.62. The highest BCUT2D eigenvalue weighted by Gasteiger charge is 2.18. The molecule has 0 saturated carbocycles. The van der Waals surface area contributed by atoms with Crippen LogP contribution in [-0.4, -0.2) is 40.5 Å². The highest BCUT2D eigenvalue weighted by molar-refractivity contribution is 7.14. The first-order valence-electron chi connectivity index (χ1n) is 8.71. The number of anilines is 1. The zero-order valence-corrected chi connectivity index (χ0v) is 15.5. The second-order valence-electron chi connectivity index (χ2n) is 6.37. The van der Waals surface area contributed by atoms with Crippen LogP contribution in [0.3, 0.4) is 0 Å². The lowest BCUT2D eigenvalue weighted by atomic mass is 10.0. The molecule has 1 N–H and O–H groups in total. The van der Waals surface area contributed by atoms with Crippen molar-refractivity contribution in [3.8, 4) is 5.88 Å². The summed E-state index contributed by atoms with van der Waals surface area (Å²) in [7, 11) is 0. The highest BCUT2D eigenvalue weighted by atomic mass is 32.1. The summed E-state index contributed by atoms with van der Waals surface area (Å²) in [6.45, 7) is 7.71. The molecule has 2 aromatic heterocycles. The third-order valence-electron chi connectivity index (χ3n) is 4.20. The maximum atomic E-state index is 12.5. The molecule has 0 aromatic carbocycles. The van der Waals surface area contributed by atoms with Gasteiger partial charge in [-0.1, -0.05) is 6.92 Å². The van der Waals surface area contributed by atoms with Crippen molar-refractivity contribution in [1.82, 2.24) is 14.9 Å². The number of ether oxygens (including phenoxy) is 1. The number of carbonyl (C=O) groups is 1. The predicted octanol–water partition coefficient (Wildman–Crippen LogP) is 3.42. The molecule has 6 nitrogen and oxygen atoms in total. The van der Waals surface area contributed by atoms with Crippen molar-refractivity contribution in [2.24, 2.45) is 5.92 Å². The normalized spacial score (nSPS) is 18.1. The molecule has 0 spiro atoms. The van der Waals surface area contributed by atoms with E-state index in [0.717, 1.165) is 31.2 Å². The van der Waals surface area contributed by atoms with Gasteiger partial charge in [0, 0.05) is 24.7 Å². The number of thiazole rings is 1. The van der Waals surface area contributed by atoms with E-state index in [2.05, 4.69) is 27.1 Å². The minimum atomic E-state index is -0.246. The Kier molecular flexibility index (Phi) is 5.99. The van der Waals surface area contributed by atoms with E-state index in [1.807, 2.05) is 12.3 Å². The SMILES string of the molecule is CCOc1ncccc1C(=O)Nc1nc(CN2CCCC(C)C2)cs1. The number of carbonyl (C=O) groups excluding carboxylic acids is 1. The molecule has 1 atom stereocenters. The number of aromatic nitrogens is 2. The second kappa shape index (κ2) is 8.40. The smallest absolute Gasteiger partial charge is 0.262 e. The molecule has 0 radical (unpaired) electrons. The molecular weight excluding hydrogens is 336 g/mol. The summed E-state index contributed by atoms with van der Waals surface area (Å²) >= 11 is 1.45. The fourth-order valence-corrected chi connectivity index (χ4v) is 3.77. The van der Waals surface area contributed by atoms with Gasteiger partial charge >= 0.3 is 0 Å². The topological polar surface area (TPSA) is 67.3 Å². The van der Waals surface area contributed by atoms with Crippen LogP contribution in [0.2, 0.25) is 0 Å². The molecule has 25 heavy (non-hydrogen) atoms. The summed E-state index contributed by atoms with van der Waals surface area (Å²) in [5, 5.41) is 5.48. The van der Waals surface area contributed by atoms with Gasteiger partial charge in [-0.15, -0.1) is 11.3 Å². The lowest BCUT2D eigenvalue weighted by molar-refractivity contribution is 0.102. The van der Waals surface area contributed by atoms with Gasteiger partial charge in [-0.3, -0.25) is 15.0 Å². The van der Waals surface area contributed by atoms with E-state index < -0.39 is 0 Å². The molecule has 1 aliphatic heterocycles. The quantitative estimate of drug-likeness (QED) is 0.855. The number of nitrogens with zero attached hydrogens (tertiary/aromatic N) is 3.